The summed E-state index contributed by atoms with van der Waals surface area (Å²) < 4.78 is 5.41. The Labute approximate surface area is 128 Å². The predicted molar refractivity (Wildman–Crippen MR) is 78.3 cm³/mol. The molecule has 2 unspecified atom stereocenters. The number of piperidine rings is 1. The van der Waals surface area contributed by atoms with Gasteiger partial charge in [-0.2, -0.15) is 0 Å². The van der Waals surface area contributed by atoms with Crippen molar-refractivity contribution in [3.05, 3.63) is 28.2 Å². The lowest BCUT2D eigenvalue weighted by molar-refractivity contribution is -0.137. The molecule has 1 aromatic rings. The van der Waals surface area contributed by atoms with Crippen molar-refractivity contribution in [1.29, 1.82) is 0 Å². The number of ether oxygens (including phenoxy) is 1. The number of β-amino-alcohol motifs (C(OH)–C–C–N with tert-alkyl or cyclic N) is 1. The monoisotopic (exact) mass is 317 g/mol. The molecule has 2 rings (SSSR count). The largest absolute Gasteiger partial charge is 0.482 e. The van der Waals surface area contributed by atoms with Gasteiger partial charge in [0, 0.05) is 18.1 Å². The van der Waals surface area contributed by atoms with Crippen LogP contribution < -0.4 is 4.74 Å². The highest BCUT2D eigenvalue weighted by Crippen LogP contribution is 2.27. The van der Waals surface area contributed by atoms with Gasteiger partial charge >= 0.3 is 0 Å². The molecular formula is C14H17Cl2NO3. The summed E-state index contributed by atoms with van der Waals surface area (Å²) in [4.78, 5) is 13.6. The first-order valence-electron chi connectivity index (χ1n) is 6.51. The highest BCUT2D eigenvalue weighted by Gasteiger charge is 2.27. The van der Waals surface area contributed by atoms with Crippen LogP contribution in [0.5, 0.6) is 5.75 Å². The lowest BCUT2D eigenvalue weighted by Gasteiger charge is -2.34. The number of aliphatic hydroxyl groups is 1. The van der Waals surface area contributed by atoms with Crippen molar-refractivity contribution in [1.82, 2.24) is 4.90 Å². The molecule has 1 aromatic carbocycles. The van der Waals surface area contributed by atoms with E-state index in [1.807, 2.05) is 6.92 Å². The van der Waals surface area contributed by atoms with Crippen LogP contribution in [0.4, 0.5) is 0 Å². The van der Waals surface area contributed by atoms with Crippen molar-refractivity contribution < 1.29 is 14.6 Å². The van der Waals surface area contributed by atoms with E-state index in [4.69, 9.17) is 27.9 Å². The minimum absolute atomic E-state index is 0.0948. The number of hydrogen-bond donors (Lipinski definition) is 1. The van der Waals surface area contributed by atoms with Gasteiger partial charge < -0.3 is 14.7 Å². The van der Waals surface area contributed by atoms with Gasteiger partial charge in [0.15, 0.2) is 6.61 Å². The average molecular weight is 318 g/mol. The van der Waals surface area contributed by atoms with Gasteiger partial charge in [0.1, 0.15) is 5.75 Å². The Bertz CT molecular complexity index is 495. The van der Waals surface area contributed by atoms with Gasteiger partial charge in [-0.05, 0) is 30.5 Å². The van der Waals surface area contributed by atoms with Crippen LogP contribution in [0.2, 0.25) is 10.0 Å². The van der Waals surface area contributed by atoms with Gasteiger partial charge in [-0.1, -0.05) is 30.1 Å². The average Bonchev–Trinajstić information content (AvgIpc) is 2.40. The van der Waals surface area contributed by atoms with E-state index in [2.05, 4.69) is 0 Å². The SMILES string of the molecule is CC1CCN(C(=O)COc2ccc(Cl)cc2Cl)CC1O. The van der Waals surface area contributed by atoms with Crippen LogP contribution in [0.3, 0.4) is 0 Å². The number of likely N-dealkylation sites (tertiary alicyclic amines) is 1. The second kappa shape index (κ2) is 6.66. The first-order chi connectivity index (χ1) is 9.47. The summed E-state index contributed by atoms with van der Waals surface area (Å²) in [5, 5.41) is 10.7. The Morgan fingerprint density at radius 1 is 1.50 bits per heavy atom. The van der Waals surface area contributed by atoms with Gasteiger partial charge in [0.2, 0.25) is 0 Å². The zero-order chi connectivity index (χ0) is 14.7. The van der Waals surface area contributed by atoms with Crippen LogP contribution >= 0.6 is 23.2 Å². The van der Waals surface area contributed by atoms with Crippen molar-refractivity contribution in [3.63, 3.8) is 0 Å². The number of aliphatic hydroxyl groups excluding tert-OH is 1. The van der Waals surface area contributed by atoms with Crippen molar-refractivity contribution in [2.24, 2.45) is 5.92 Å². The van der Waals surface area contributed by atoms with E-state index in [0.717, 1.165) is 6.42 Å². The molecule has 1 amide bonds. The fraction of sp³-hybridized carbons (Fsp3) is 0.500. The molecule has 1 aliphatic heterocycles. The molecule has 1 heterocycles. The lowest BCUT2D eigenvalue weighted by atomic mass is 9.96. The van der Waals surface area contributed by atoms with Crippen LogP contribution in [-0.2, 0) is 4.79 Å². The predicted octanol–water partition coefficient (Wildman–Crippen LogP) is 2.60. The molecule has 0 aliphatic carbocycles. The van der Waals surface area contributed by atoms with Crippen LogP contribution in [-0.4, -0.2) is 41.7 Å². The molecule has 0 aromatic heterocycles. The standard InChI is InChI=1S/C14H17Cl2NO3/c1-9-4-5-17(7-12(9)18)14(19)8-20-13-3-2-10(15)6-11(13)16/h2-3,6,9,12,18H,4-5,7-8H2,1H3. The summed E-state index contributed by atoms with van der Waals surface area (Å²) in [6.45, 7) is 2.89. The maximum atomic E-state index is 12.0. The summed E-state index contributed by atoms with van der Waals surface area (Å²) in [6, 6.07) is 4.85. The van der Waals surface area contributed by atoms with Crippen molar-refractivity contribution in [2.45, 2.75) is 19.4 Å². The molecule has 6 heteroatoms. The quantitative estimate of drug-likeness (QED) is 0.932. The van der Waals surface area contributed by atoms with Gasteiger partial charge in [-0.15, -0.1) is 0 Å². The number of carbonyl (C=O) groups excluding carboxylic acids is 1. The second-order valence-corrected chi connectivity index (χ2v) is 5.88. The molecule has 0 spiro atoms. The number of benzene rings is 1. The number of nitrogens with zero attached hydrogens (tertiary/aromatic N) is 1. The number of amides is 1. The number of carbonyl (C=O) groups is 1. The molecule has 110 valence electrons. The fourth-order valence-corrected chi connectivity index (χ4v) is 2.56. The third-order valence-corrected chi connectivity index (χ3v) is 4.05. The fourth-order valence-electron chi connectivity index (χ4n) is 2.10. The summed E-state index contributed by atoms with van der Waals surface area (Å²) in [5.41, 5.74) is 0. The van der Waals surface area contributed by atoms with Crippen molar-refractivity contribution in [3.8, 4) is 5.75 Å². The molecule has 4 nitrogen and oxygen atoms in total. The van der Waals surface area contributed by atoms with Crippen LogP contribution in [0.15, 0.2) is 18.2 Å². The van der Waals surface area contributed by atoms with E-state index in [9.17, 15) is 9.90 Å². The highest BCUT2D eigenvalue weighted by atomic mass is 35.5. The normalized spacial score (nSPS) is 22.7. The Hall–Kier alpha value is -0.970. The molecule has 0 bridgehead atoms. The Morgan fingerprint density at radius 2 is 2.25 bits per heavy atom. The van der Waals surface area contributed by atoms with E-state index in [1.54, 1.807) is 23.1 Å². The molecule has 20 heavy (non-hydrogen) atoms. The number of hydrogen-bond acceptors (Lipinski definition) is 3. The smallest absolute Gasteiger partial charge is 0.260 e. The number of rotatable bonds is 3. The van der Waals surface area contributed by atoms with Gasteiger partial charge in [-0.25, -0.2) is 0 Å². The van der Waals surface area contributed by atoms with Gasteiger partial charge in [0.25, 0.3) is 5.91 Å². The molecule has 2 atom stereocenters. The topological polar surface area (TPSA) is 49.8 Å². The molecule has 1 aliphatic rings. The summed E-state index contributed by atoms with van der Waals surface area (Å²) >= 11 is 11.8. The van der Waals surface area contributed by atoms with Gasteiger partial charge in [0.05, 0.1) is 11.1 Å². The molecule has 1 fully saturated rings. The van der Waals surface area contributed by atoms with Crippen LogP contribution in [0.25, 0.3) is 0 Å². The third-order valence-electron chi connectivity index (χ3n) is 3.52. The van der Waals surface area contributed by atoms with E-state index in [0.29, 0.717) is 28.9 Å². The Kier molecular flexibility index (Phi) is 5.13. The number of halogens is 2. The molecule has 1 N–H and O–H groups in total. The zero-order valence-electron chi connectivity index (χ0n) is 11.2. The summed E-state index contributed by atoms with van der Waals surface area (Å²) in [5.74, 6) is 0.503. The maximum Gasteiger partial charge on any atom is 0.260 e. The first-order valence-corrected chi connectivity index (χ1v) is 7.26. The lowest BCUT2D eigenvalue weighted by Crippen LogP contribution is -2.47. The van der Waals surface area contributed by atoms with E-state index >= 15 is 0 Å². The first kappa shape index (κ1) is 15.4. The van der Waals surface area contributed by atoms with E-state index < -0.39 is 6.10 Å². The zero-order valence-corrected chi connectivity index (χ0v) is 12.7. The van der Waals surface area contributed by atoms with E-state index in [1.165, 1.54) is 0 Å². The van der Waals surface area contributed by atoms with Gasteiger partial charge in [-0.3, -0.25) is 4.79 Å². The highest BCUT2D eigenvalue weighted by molar-refractivity contribution is 6.35. The summed E-state index contributed by atoms with van der Waals surface area (Å²) in [7, 11) is 0. The summed E-state index contributed by atoms with van der Waals surface area (Å²) in [6.07, 6.45) is 0.334. The minimum Gasteiger partial charge on any atom is -0.482 e. The third kappa shape index (κ3) is 3.78. The van der Waals surface area contributed by atoms with E-state index in [-0.39, 0.29) is 18.4 Å². The molecule has 0 saturated carbocycles. The van der Waals surface area contributed by atoms with Crippen LogP contribution in [0.1, 0.15) is 13.3 Å². The molecule has 1 saturated heterocycles. The van der Waals surface area contributed by atoms with Crippen molar-refractivity contribution in [2.75, 3.05) is 19.7 Å². The van der Waals surface area contributed by atoms with Crippen LogP contribution in [0, 0.1) is 5.92 Å². The Morgan fingerprint density at radius 3 is 2.90 bits per heavy atom. The van der Waals surface area contributed by atoms with Crippen molar-refractivity contribution >= 4 is 29.1 Å². The minimum atomic E-state index is -0.466. The molecular weight excluding hydrogens is 301 g/mol. The maximum absolute atomic E-state index is 12.0. The molecule has 0 radical (unpaired) electrons. The Balaban J connectivity index is 1.89. The second-order valence-electron chi connectivity index (χ2n) is 5.04.